The first-order valence-corrected chi connectivity index (χ1v) is 11.7. The lowest BCUT2D eigenvalue weighted by Crippen LogP contribution is -2.29. The van der Waals surface area contributed by atoms with Crippen LogP contribution in [0.4, 0.5) is 4.79 Å². The van der Waals surface area contributed by atoms with E-state index in [2.05, 4.69) is 27.2 Å². The van der Waals surface area contributed by atoms with Crippen molar-refractivity contribution >= 4 is 6.09 Å². The average molecular weight is 443 g/mol. The minimum Gasteiger partial charge on any atom is -0.473 e. The molecule has 174 valence electrons. The van der Waals surface area contributed by atoms with Crippen molar-refractivity contribution < 1.29 is 14.3 Å². The van der Waals surface area contributed by atoms with Crippen molar-refractivity contribution in [2.24, 2.45) is 18.9 Å². The Morgan fingerprint density at radius 2 is 2.03 bits per heavy atom. The van der Waals surface area contributed by atoms with E-state index in [1.54, 1.807) is 29.9 Å². The van der Waals surface area contributed by atoms with Crippen LogP contribution in [0.2, 0.25) is 0 Å². The maximum absolute atomic E-state index is 12.4. The molecule has 0 radical (unpaired) electrons. The topological polar surface area (TPSA) is 95.3 Å². The molecule has 32 heavy (non-hydrogen) atoms. The van der Waals surface area contributed by atoms with Gasteiger partial charge in [0.15, 0.2) is 0 Å². The number of nitrogens with zero attached hydrogens (tertiary/aromatic N) is 6. The zero-order valence-corrected chi connectivity index (χ0v) is 19.6. The van der Waals surface area contributed by atoms with Crippen molar-refractivity contribution in [1.29, 1.82) is 0 Å². The first-order valence-electron chi connectivity index (χ1n) is 11.7. The van der Waals surface area contributed by atoms with Crippen LogP contribution >= 0.6 is 0 Å². The molecular weight excluding hydrogens is 408 g/mol. The van der Waals surface area contributed by atoms with E-state index in [9.17, 15) is 4.79 Å². The average Bonchev–Trinajstić information content (AvgIpc) is 3.38. The SMILES string of the molecule is Cc1nc(-c2nnn(C)c2COC(=O)N(C)CC[C@H]2C[C@@H]2C)cnc1OC1CCCCC1. The van der Waals surface area contributed by atoms with Crippen molar-refractivity contribution in [3.8, 4) is 17.3 Å². The second-order valence-corrected chi connectivity index (χ2v) is 9.27. The molecule has 2 aliphatic rings. The summed E-state index contributed by atoms with van der Waals surface area (Å²) >= 11 is 0. The molecule has 0 spiro atoms. The van der Waals surface area contributed by atoms with Crippen LogP contribution in [0.1, 0.15) is 63.3 Å². The molecule has 0 aromatic carbocycles. The lowest BCUT2D eigenvalue weighted by atomic mass is 9.98. The Labute approximate surface area is 189 Å². The van der Waals surface area contributed by atoms with Gasteiger partial charge in [0, 0.05) is 20.6 Å². The van der Waals surface area contributed by atoms with Crippen LogP contribution in [-0.4, -0.2) is 55.7 Å². The van der Waals surface area contributed by atoms with E-state index in [4.69, 9.17) is 9.47 Å². The molecule has 2 aliphatic carbocycles. The number of hydrogen-bond acceptors (Lipinski definition) is 7. The monoisotopic (exact) mass is 442 g/mol. The van der Waals surface area contributed by atoms with Crippen molar-refractivity contribution in [1.82, 2.24) is 29.9 Å². The maximum atomic E-state index is 12.4. The summed E-state index contributed by atoms with van der Waals surface area (Å²) in [5.74, 6) is 2.10. The molecule has 9 heteroatoms. The number of ether oxygens (including phenoxy) is 2. The fraction of sp³-hybridized carbons (Fsp3) is 0.696. The molecule has 0 saturated heterocycles. The molecule has 1 amide bonds. The minimum atomic E-state index is -0.344. The van der Waals surface area contributed by atoms with Gasteiger partial charge >= 0.3 is 6.09 Å². The molecule has 2 saturated carbocycles. The van der Waals surface area contributed by atoms with E-state index in [-0.39, 0.29) is 18.8 Å². The highest BCUT2D eigenvalue weighted by Crippen LogP contribution is 2.40. The minimum absolute atomic E-state index is 0.0723. The largest absolute Gasteiger partial charge is 0.473 e. The van der Waals surface area contributed by atoms with E-state index in [0.29, 0.717) is 29.5 Å². The summed E-state index contributed by atoms with van der Waals surface area (Å²) in [6, 6.07) is 0. The second-order valence-electron chi connectivity index (χ2n) is 9.27. The molecule has 2 fully saturated rings. The van der Waals surface area contributed by atoms with Gasteiger partial charge in [-0.3, -0.25) is 0 Å². The third-order valence-corrected chi connectivity index (χ3v) is 6.67. The van der Waals surface area contributed by atoms with Crippen molar-refractivity contribution in [3.05, 3.63) is 17.6 Å². The smallest absolute Gasteiger partial charge is 0.409 e. The van der Waals surface area contributed by atoms with Crippen LogP contribution in [0.15, 0.2) is 6.20 Å². The third-order valence-electron chi connectivity index (χ3n) is 6.67. The van der Waals surface area contributed by atoms with Gasteiger partial charge in [-0.15, -0.1) is 5.10 Å². The molecular formula is C23H34N6O3. The normalized spacial score (nSPS) is 20.8. The predicted molar refractivity (Wildman–Crippen MR) is 119 cm³/mol. The molecule has 2 aromatic heterocycles. The molecule has 0 bridgehead atoms. The summed E-state index contributed by atoms with van der Waals surface area (Å²) in [6.07, 6.45) is 9.62. The molecule has 0 aliphatic heterocycles. The zero-order chi connectivity index (χ0) is 22.7. The summed E-state index contributed by atoms with van der Waals surface area (Å²) in [5.41, 5.74) is 2.55. The molecule has 9 nitrogen and oxygen atoms in total. The van der Waals surface area contributed by atoms with Gasteiger partial charge in [0.1, 0.15) is 35.5 Å². The van der Waals surface area contributed by atoms with Crippen LogP contribution < -0.4 is 4.74 Å². The van der Waals surface area contributed by atoms with Crippen LogP contribution in [0.3, 0.4) is 0 Å². The lowest BCUT2D eigenvalue weighted by molar-refractivity contribution is 0.102. The maximum Gasteiger partial charge on any atom is 0.409 e. The van der Waals surface area contributed by atoms with Crippen LogP contribution in [-0.2, 0) is 18.4 Å². The number of carbonyl (C=O) groups excluding carboxylic acids is 1. The first-order chi connectivity index (χ1) is 15.4. The fourth-order valence-electron chi connectivity index (χ4n) is 4.27. The number of rotatable bonds is 8. The van der Waals surface area contributed by atoms with Gasteiger partial charge in [0.25, 0.3) is 0 Å². The summed E-state index contributed by atoms with van der Waals surface area (Å²) in [6.45, 7) is 4.92. The van der Waals surface area contributed by atoms with E-state index in [0.717, 1.165) is 36.8 Å². The van der Waals surface area contributed by atoms with E-state index in [1.807, 2.05) is 6.92 Å². The summed E-state index contributed by atoms with van der Waals surface area (Å²) in [7, 11) is 3.55. The lowest BCUT2D eigenvalue weighted by Gasteiger charge is -2.22. The number of hydrogen-bond donors (Lipinski definition) is 0. The molecule has 0 unspecified atom stereocenters. The van der Waals surface area contributed by atoms with Crippen LogP contribution in [0, 0.1) is 18.8 Å². The number of amides is 1. The highest BCUT2D eigenvalue weighted by Gasteiger charge is 2.32. The molecule has 2 aromatic rings. The summed E-state index contributed by atoms with van der Waals surface area (Å²) < 4.78 is 13.2. The van der Waals surface area contributed by atoms with Crippen LogP contribution in [0.25, 0.3) is 11.4 Å². The van der Waals surface area contributed by atoms with Gasteiger partial charge in [-0.2, -0.15) is 0 Å². The predicted octanol–water partition coefficient (Wildman–Crippen LogP) is 3.91. The fourth-order valence-corrected chi connectivity index (χ4v) is 4.27. The van der Waals surface area contributed by atoms with Gasteiger partial charge in [-0.25, -0.2) is 19.4 Å². The second kappa shape index (κ2) is 9.83. The van der Waals surface area contributed by atoms with E-state index in [1.165, 1.54) is 25.7 Å². The molecule has 0 N–H and O–H groups in total. The van der Waals surface area contributed by atoms with E-state index >= 15 is 0 Å². The Bertz CT molecular complexity index is 940. The highest BCUT2D eigenvalue weighted by atomic mass is 16.6. The van der Waals surface area contributed by atoms with Gasteiger partial charge in [-0.1, -0.05) is 18.6 Å². The third kappa shape index (κ3) is 5.37. The Kier molecular flexibility index (Phi) is 6.91. The molecule has 2 atom stereocenters. The van der Waals surface area contributed by atoms with Gasteiger partial charge < -0.3 is 14.4 Å². The Morgan fingerprint density at radius 1 is 1.28 bits per heavy atom. The Hall–Kier alpha value is -2.71. The standard InChI is InChI=1S/C23H34N6O3/c1-15-12-17(15)10-11-28(3)23(30)31-14-20-21(26-27-29(20)4)19-13-24-22(16(2)25-19)32-18-8-6-5-7-9-18/h13,15,17-18H,5-12,14H2,1-4H3/t15-,17-/m0/s1. The van der Waals surface area contributed by atoms with Gasteiger partial charge in [-0.05, 0) is 57.3 Å². The Morgan fingerprint density at radius 3 is 2.72 bits per heavy atom. The summed E-state index contributed by atoms with van der Waals surface area (Å²) in [5, 5.41) is 8.34. The van der Waals surface area contributed by atoms with E-state index < -0.39 is 0 Å². The molecule has 4 rings (SSSR count). The van der Waals surface area contributed by atoms with Gasteiger partial charge in [0.05, 0.1) is 6.20 Å². The van der Waals surface area contributed by atoms with Crippen molar-refractivity contribution in [3.63, 3.8) is 0 Å². The first kappa shape index (κ1) is 22.5. The quantitative estimate of drug-likeness (QED) is 0.612. The number of aryl methyl sites for hydroxylation is 2. The van der Waals surface area contributed by atoms with Crippen molar-refractivity contribution in [2.45, 2.75) is 71.5 Å². The summed E-state index contributed by atoms with van der Waals surface area (Å²) in [4.78, 5) is 23.2. The Balaban J connectivity index is 1.38. The van der Waals surface area contributed by atoms with Gasteiger partial charge in [0.2, 0.25) is 5.88 Å². The van der Waals surface area contributed by atoms with Crippen molar-refractivity contribution in [2.75, 3.05) is 13.6 Å². The molecule has 2 heterocycles. The highest BCUT2D eigenvalue weighted by molar-refractivity contribution is 5.67. The zero-order valence-electron chi connectivity index (χ0n) is 19.6. The van der Waals surface area contributed by atoms with Crippen LogP contribution in [0.5, 0.6) is 5.88 Å². The number of aromatic nitrogens is 5. The number of carbonyl (C=O) groups is 1.